The van der Waals surface area contributed by atoms with Crippen LogP contribution in [0.2, 0.25) is 0 Å². The van der Waals surface area contributed by atoms with Gasteiger partial charge in [0.25, 0.3) is 0 Å². The molecule has 0 N–H and O–H groups in total. The average Bonchev–Trinajstić information content (AvgIpc) is 1.25. The van der Waals surface area contributed by atoms with Gasteiger partial charge in [0.15, 0.2) is 0 Å². The van der Waals surface area contributed by atoms with E-state index in [2.05, 4.69) is 0 Å². The third-order valence-electron chi connectivity index (χ3n) is 0. The number of Topliss-reactive ketones (excluding diaryl/α,β-unsaturated/α-hetero) is 2. The maximum absolute atomic E-state index is 9.44. The van der Waals surface area contributed by atoms with E-state index in [0.29, 0.717) is 0 Å². The van der Waals surface area contributed by atoms with Gasteiger partial charge in [-0.25, -0.2) is 0 Å². The predicted octanol–water partition coefficient (Wildman–Crippen LogP) is 1.19. The Balaban J connectivity index is -0.0000000300. The third kappa shape index (κ3) is 4180. The van der Waals surface area contributed by atoms with Gasteiger partial charge in [-0.15, -0.1) is 0 Å². The van der Waals surface area contributed by atoms with Gasteiger partial charge in [-0.1, -0.05) is 0 Å². The van der Waals surface area contributed by atoms with Crippen LogP contribution in [0, 0.1) is 0 Å². The van der Waals surface area contributed by atoms with Crippen LogP contribution in [0.25, 0.3) is 0 Å². The summed E-state index contributed by atoms with van der Waals surface area (Å²) in [4.78, 5) is 18.9. The molecule has 0 fully saturated rings. The molecule has 0 spiro atoms. The van der Waals surface area contributed by atoms with Crippen molar-refractivity contribution in [2.24, 2.45) is 0 Å². The van der Waals surface area contributed by atoms with E-state index in [1.807, 2.05) is 0 Å². The molecule has 0 aliphatic heterocycles. The number of hydrogen-bond donors (Lipinski definition) is 0. The second kappa shape index (κ2) is 16.2. The van der Waals surface area contributed by atoms with Crippen molar-refractivity contribution in [3.05, 3.63) is 0 Å². The molecule has 0 atom stereocenters. The predicted molar refractivity (Wildman–Crippen MR) is 32.7 cm³/mol. The molecule has 0 amide bonds. The summed E-state index contributed by atoms with van der Waals surface area (Å²) in [7, 11) is 0. The molecule has 0 saturated carbocycles. The zero-order valence-corrected chi connectivity index (χ0v) is 8.42. The summed E-state index contributed by atoms with van der Waals surface area (Å²) in [5, 5.41) is 0. The summed E-state index contributed by atoms with van der Waals surface area (Å²) in [6.07, 6.45) is 0. The Kier molecular flexibility index (Phi) is 36.3. The topological polar surface area (TPSA) is 34.1 Å². The molecule has 2 nitrogen and oxygen atoms in total. The Morgan fingerprint density at radius 1 is 0.700 bits per heavy atom. The monoisotopic (exact) mass is 232 g/mol. The van der Waals surface area contributed by atoms with E-state index in [1.165, 1.54) is 27.7 Å². The van der Waals surface area contributed by atoms with E-state index < -0.39 is 0 Å². The first-order chi connectivity index (χ1) is 3.46. The molecule has 10 heavy (non-hydrogen) atoms. The SMILES string of the molecule is CC(C)=O.CC(C)=O.[Ni].[Ni]. The molecule has 0 aromatic carbocycles. The van der Waals surface area contributed by atoms with Gasteiger partial charge in [-0.3, -0.25) is 0 Å². The average molecular weight is 234 g/mol. The van der Waals surface area contributed by atoms with Gasteiger partial charge in [-0.05, 0) is 27.7 Å². The van der Waals surface area contributed by atoms with Crippen LogP contribution in [0.1, 0.15) is 27.7 Å². The third-order valence-corrected chi connectivity index (χ3v) is 0. The van der Waals surface area contributed by atoms with E-state index >= 15 is 0 Å². The minimum Gasteiger partial charge on any atom is -0.300 e. The summed E-state index contributed by atoms with van der Waals surface area (Å²) in [6.45, 7) is 6.11. The second-order valence-electron chi connectivity index (χ2n) is 1.82. The van der Waals surface area contributed by atoms with Crippen molar-refractivity contribution in [2.75, 3.05) is 0 Å². The Morgan fingerprint density at radius 3 is 0.700 bits per heavy atom. The smallest absolute Gasteiger partial charge is 0.126 e. The van der Waals surface area contributed by atoms with Crippen LogP contribution in [-0.2, 0) is 42.6 Å². The minimum absolute atomic E-state index is 0. The Labute approximate surface area is 82.0 Å². The maximum Gasteiger partial charge on any atom is 0.126 e. The van der Waals surface area contributed by atoms with Crippen LogP contribution >= 0.6 is 0 Å². The van der Waals surface area contributed by atoms with E-state index in [4.69, 9.17) is 0 Å². The molecule has 0 unspecified atom stereocenters. The van der Waals surface area contributed by atoms with Crippen molar-refractivity contribution in [3.8, 4) is 0 Å². The fourth-order valence-corrected chi connectivity index (χ4v) is 0. The summed E-state index contributed by atoms with van der Waals surface area (Å²) >= 11 is 0. The first-order valence-corrected chi connectivity index (χ1v) is 2.41. The van der Waals surface area contributed by atoms with E-state index in [0.717, 1.165) is 0 Å². The van der Waals surface area contributed by atoms with Crippen molar-refractivity contribution in [1.29, 1.82) is 0 Å². The fraction of sp³-hybridized carbons (Fsp3) is 0.667. The molecule has 0 aromatic rings. The molecule has 0 saturated heterocycles. The van der Waals surface area contributed by atoms with Gasteiger partial charge in [-0.2, -0.15) is 0 Å². The van der Waals surface area contributed by atoms with Crippen LogP contribution in [0.15, 0.2) is 0 Å². The molecule has 0 radical (unpaired) electrons. The van der Waals surface area contributed by atoms with Gasteiger partial charge in [0.05, 0.1) is 0 Å². The van der Waals surface area contributed by atoms with Crippen LogP contribution in [0.5, 0.6) is 0 Å². The van der Waals surface area contributed by atoms with E-state index in [-0.39, 0.29) is 44.5 Å². The molecule has 0 rings (SSSR count). The standard InChI is InChI=1S/2C3H6O.2Ni/c2*1-3(2)4;;/h2*1-2H3;;. The molecule has 68 valence electrons. The molecule has 4 heteroatoms. The molecule has 0 bridgehead atoms. The van der Waals surface area contributed by atoms with E-state index in [1.54, 1.807) is 0 Å². The van der Waals surface area contributed by atoms with Gasteiger partial charge in [0.2, 0.25) is 0 Å². The van der Waals surface area contributed by atoms with Gasteiger partial charge in [0.1, 0.15) is 11.6 Å². The summed E-state index contributed by atoms with van der Waals surface area (Å²) < 4.78 is 0. The molecule has 0 aliphatic rings. The Hall–Kier alpha value is 0.327. The van der Waals surface area contributed by atoms with Crippen LogP contribution in [0.4, 0.5) is 0 Å². The van der Waals surface area contributed by atoms with Crippen molar-refractivity contribution in [3.63, 3.8) is 0 Å². The number of rotatable bonds is 0. The summed E-state index contributed by atoms with van der Waals surface area (Å²) in [5.74, 6) is 0.333. The number of ketones is 2. The van der Waals surface area contributed by atoms with Crippen LogP contribution in [-0.4, -0.2) is 11.6 Å². The van der Waals surface area contributed by atoms with Gasteiger partial charge >= 0.3 is 0 Å². The van der Waals surface area contributed by atoms with Gasteiger partial charge < -0.3 is 9.59 Å². The fourth-order valence-electron chi connectivity index (χ4n) is 0. The van der Waals surface area contributed by atoms with Gasteiger partial charge in [0, 0.05) is 33.0 Å². The first-order valence-electron chi connectivity index (χ1n) is 2.41. The number of hydrogen-bond acceptors (Lipinski definition) is 2. The van der Waals surface area contributed by atoms with Crippen molar-refractivity contribution < 1.29 is 42.6 Å². The summed E-state index contributed by atoms with van der Waals surface area (Å²) in [6, 6.07) is 0. The van der Waals surface area contributed by atoms with Crippen molar-refractivity contribution >= 4 is 11.6 Å². The largest absolute Gasteiger partial charge is 0.300 e. The van der Waals surface area contributed by atoms with Crippen molar-refractivity contribution in [2.45, 2.75) is 27.7 Å². The molecule has 0 aromatic heterocycles. The molecular weight excluding hydrogens is 221 g/mol. The zero-order chi connectivity index (χ0) is 7.15. The molecular formula is C6H12Ni2O2. The Morgan fingerprint density at radius 2 is 0.700 bits per heavy atom. The molecule has 0 heterocycles. The maximum atomic E-state index is 9.44. The Bertz CT molecular complexity index is 71.7. The van der Waals surface area contributed by atoms with Crippen molar-refractivity contribution in [1.82, 2.24) is 0 Å². The minimum atomic E-state index is 0. The summed E-state index contributed by atoms with van der Waals surface area (Å²) in [5.41, 5.74) is 0. The van der Waals surface area contributed by atoms with Crippen LogP contribution < -0.4 is 0 Å². The van der Waals surface area contributed by atoms with E-state index in [9.17, 15) is 9.59 Å². The van der Waals surface area contributed by atoms with Crippen LogP contribution in [0.3, 0.4) is 0 Å². The number of carbonyl (C=O) groups excluding carboxylic acids is 2. The normalized spacial score (nSPS) is 5.20. The zero-order valence-electron chi connectivity index (χ0n) is 6.45. The number of carbonyl (C=O) groups is 2. The first kappa shape index (κ1) is 22.4. The quantitative estimate of drug-likeness (QED) is 0.589. The molecule has 0 aliphatic carbocycles. The second-order valence-corrected chi connectivity index (χ2v) is 1.82.